The largest absolute Gasteiger partial charge is 0.480 e. The maximum Gasteiger partial charge on any atom is 0.321 e. The van der Waals surface area contributed by atoms with Crippen LogP contribution in [0.5, 0.6) is 0 Å². The second-order valence-electron chi connectivity index (χ2n) is 7.20. The molecule has 27 heavy (non-hydrogen) atoms. The second-order valence-corrected chi connectivity index (χ2v) is 8.44. The lowest BCUT2D eigenvalue weighted by atomic mass is 9.99. The number of imidazole rings is 1. The normalized spacial score (nSPS) is 13.5. The molecule has 0 fully saturated rings. The number of carboxylic acids is 1. The maximum absolute atomic E-state index is 11.9. The van der Waals surface area contributed by atoms with Crippen LogP contribution in [0.3, 0.4) is 0 Å². The number of benzene rings is 1. The summed E-state index contributed by atoms with van der Waals surface area (Å²) in [5.41, 5.74) is 1.95. The highest BCUT2D eigenvalue weighted by Gasteiger charge is 2.26. The zero-order valence-corrected chi connectivity index (χ0v) is 18.0. The predicted octanol–water partition coefficient (Wildman–Crippen LogP) is 3.13. The van der Waals surface area contributed by atoms with E-state index in [4.69, 9.17) is 0 Å². The molecule has 1 aromatic carbocycles. The van der Waals surface area contributed by atoms with Crippen molar-refractivity contribution in [3.63, 3.8) is 0 Å². The minimum absolute atomic E-state index is 0.0395. The molecule has 0 aliphatic rings. The average molecular weight is 483 g/mol. The molecule has 0 radical (unpaired) electrons. The van der Waals surface area contributed by atoms with Crippen LogP contribution in [0.15, 0.2) is 36.8 Å². The Morgan fingerprint density at radius 2 is 2.04 bits per heavy atom. The highest BCUT2D eigenvalue weighted by molar-refractivity contribution is 14.1. The van der Waals surface area contributed by atoms with Gasteiger partial charge >= 0.3 is 5.97 Å². The van der Waals surface area contributed by atoms with Gasteiger partial charge < -0.3 is 9.67 Å². The number of nitrogens with zero attached hydrogens (tertiary/aromatic N) is 2. The van der Waals surface area contributed by atoms with Gasteiger partial charge in [-0.3, -0.25) is 14.9 Å². The highest BCUT2D eigenvalue weighted by atomic mass is 127. The van der Waals surface area contributed by atoms with Crippen LogP contribution in [0.4, 0.5) is 0 Å². The molecule has 2 aromatic rings. The number of aromatic nitrogens is 2. The van der Waals surface area contributed by atoms with E-state index in [0.717, 1.165) is 14.8 Å². The first-order valence-electron chi connectivity index (χ1n) is 8.99. The molecular weight excluding hydrogens is 457 g/mol. The molecule has 1 heterocycles. The summed E-state index contributed by atoms with van der Waals surface area (Å²) < 4.78 is 3.10. The molecule has 0 bridgehead atoms. The molecular formula is C20H26IN3O3. The predicted molar refractivity (Wildman–Crippen MR) is 113 cm³/mol. The third-order valence-electron chi connectivity index (χ3n) is 4.35. The first-order chi connectivity index (χ1) is 12.8. The molecule has 2 rings (SSSR count). The van der Waals surface area contributed by atoms with Crippen LogP contribution in [-0.2, 0) is 22.6 Å². The molecule has 2 atom stereocenters. The van der Waals surface area contributed by atoms with E-state index in [1.807, 2.05) is 36.6 Å². The van der Waals surface area contributed by atoms with E-state index in [1.165, 1.54) is 6.92 Å². The third kappa shape index (κ3) is 6.73. The molecule has 0 spiro atoms. The molecule has 7 heteroatoms. The summed E-state index contributed by atoms with van der Waals surface area (Å²) in [6.07, 6.45) is 4.28. The number of carbonyl (C=O) groups is 2. The van der Waals surface area contributed by atoms with Crippen molar-refractivity contribution in [3.8, 4) is 0 Å². The minimum Gasteiger partial charge on any atom is -0.480 e. The number of Topliss-reactive ketones (excluding diaryl/α,β-unsaturated/α-hetero) is 1. The molecule has 0 aliphatic carbocycles. The number of carboxylic acid groups (broad SMARTS) is 1. The van der Waals surface area contributed by atoms with Gasteiger partial charge in [0.15, 0.2) is 0 Å². The summed E-state index contributed by atoms with van der Waals surface area (Å²) in [5.74, 6) is -0.707. The fraction of sp³-hybridized carbons (Fsp3) is 0.450. The van der Waals surface area contributed by atoms with Crippen LogP contribution in [0.1, 0.15) is 38.4 Å². The van der Waals surface area contributed by atoms with E-state index in [0.29, 0.717) is 18.9 Å². The zero-order valence-electron chi connectivity index (χ0n) is 15.9. The van der Waals surface area contributed by atoms with Gasteiger partial charge in [-0.15, -0.1) is 0 Å². The van der Waals surface area contributed by atoms with Gasteiger partial charge in [0.05, 0.1) is 12.4 Å². The molecule has 2 N–H and O–H groups in total. The van der Waals surface area contributed by atoms with Gasteiger partial charge in [0.2, 0.25) is 0 Å². The lowest BCUT2D eigenvalue weighted by Gasteiger charge is -2.23. The molecule has 0 amide bonds. The summed E-state index contributed by atoms with van der Waals surface area (Å²) >= 11 is 2.27. The molecule has 0 aliphatic heterocycles. The SMILES string of the molecule is CC(=O)C(CC(C)C)NC(Cc1cncn1Cc1cccc(I)c1)C(=O)O. The summed E-state index contributed by atoms with van der Waals surface area (Å²) in [7, 11) is 0. The number of nitrogens with one attached hydrogen (secondary N) is 1. The van der Waals surface area contributed by atoms with Crippen molar-refractivity contribution in [1.29, 1.82) is 0 Å². The monoisotopic (exact) mass is 483 g/mol. The molecule has 1 aromatic heterocycles. The van der Waals surface area contributed by atoms with Gasteiger partial charge in [-0.25, -0.2) is 4.98 Å². The van der Waals surface area contributed by atoms with E-state index in [1.54, 1.807) is 12.5 Å². The van der Waals surface area contributed by atoms with Crippen molar-refractivity contribution in [2.45, 2.75) is 52.2 Å². The lowest BCUT2D eigenvalue weighted by molar-refractivity contribution is -0.139. The first kappa shape index (κ1) is 21.6. The van der Waals surface area contributed by atoms with Crippen molar-refractivity contribution in [2.75, 3.05) is 0 Å². The van der Waals surface area contributed by atoms with Crippen molar-refractivity contribution >= 4 is 34.3 Å². The Bertz CT molecular complexity index is 788. The topological polar surface area (TPSA) is 84.2 Å². The Morgan fingerprint density at radius 1 is 1.30 bits per heavy atom. The first-order valence-corrected chi connectivity index (χ1v) is 10.1. The fourth-order valence-electron chi connectivity index (χ4n) is 2.98. The van der Waals surface area contributed by atoms with Crippen LogP contribution in [0.2, 0.25) is 0 Å². The summed E-state index contributed by atoms with van der Waals surface area (Å²) in [5, 5.41) is 12.7. The van der Waals surface area contributed by atoms with E-state index in [9.17, 15) is 14.7 Å². The smallest absolute Gasteiger partial charge is 0.321 e. The average Bonchev–Trinajstić information content (AvgIpc) is 2.99. The van der Waals surface area contributed by atoms with Gasteiger partial charge in [0.25, 0.3) is 0 Å². The maximum atomic E-state index is 11.9. The Morgan fingerprint density at radius 3 is 2.63 bits per heavy atom. The van der Waals surface area contributed by atoms with Crippen LogP contribution in [0, 0.1) is 9.49 Å². The Balaban J connectivity index is 2.14. The minimum atomic E-state index is -0.966. The second kappa shape index (κ2) is 9.98. The van der Waals surface area contributed by atoms with E-state index >= 15 is 0 Å². The molecule has 0 saturated carbocycles. The Kier molecular flexibility index (Phi) is 7.97. The number of ketones is 1. The Hall–Kier alpha value is -1.74. The van der Waals surface area contributed by atoms with Gasteiger partial charge in [-0.05, 0) is 59.5 Å². The van der Waals surface area contributed by atoms with Crippen LogP contribution in [-0.4, -0.2) is 38.5 Å². The van der Waals surface area contributed by atoms with E-state index in [2.05, 4.69) is 39.0 Å². The van der Waals surface area contributed by atoms with Crippen LogP contribution in [0.25, 0.3) is 0 Å². The molecule has 6 nitrogen and oxygen atoms in total. The lowest BCUT2D eigenvalue weighted by Crippen LogP contribution is -2.48. The highest BCUT2D eigenvalue weighted by Crippen LogP contribution is 2.13. The van der Waals surface area contributed by atoms with Crippen LogP contribution >= 0.6 is 22.6 Å². The van der Waals surface area contributed by atoms with Gasteiger partial charge in [-0.1, -0.05) is 26.0 Å². The van der Waals surface area contributed by atoms with Crippen molar-refractivity contribution < 1.29 is 14.7 Å². The molecule has 0 saturated heterocycles. The zero-order chi connectivity index (χ0) is 20.0. The van der Waals surface area contributed by atoms with E-state index < -0.39 is 18.1 Å². The fourth-order valence-corrected chi connectivity index (χ4v) is 3.59. The van der Waals surface area contributed by atoms with E-state index in [-0.39, 0.29) is 12.2 Å². The van der Waals surface area contributed by atoms with Crippen molar-refractivity contribution in [2.24, 2.45) is 5.92 Å². The number of hydrogen-bond acceptors (Lipinski definition) is 4. The van der Waals surface area contributed by atoms with Gasteiger partial charge in [0, 0.05) is 28.4 Å². The summed E-state index contributed by atoms with van der Waals surface area (Å²) in [6.45, 7) is 6.16. The standard InChI is InChI=1S/C20H26IN3O3/c1-13(2)7-18(14(3)25)23-19(20(26)27)9-17-10-22-12-24(17)11-15-5-4-6-16(21)8-15/h4-6,8,10,12-13,18-19,23H,7,9,11H2,1-3H3,(H,26,27). The number of halogens is 1. The van der Waals surface area contributed by atoms with Crippen molar-refractivity contribution in [3.05, 3.63) is 51.6 Å². The number of hydrogen-bond donors (Lipinski definition) is 2. The Labute approximate surface area is 173 Å². The van der Waals surface area contributed by atoms with Crippen molar-refractivity contribution in [1.82, 2.24) is 14.9 Å². The number of rotatable bonds is 10. The molecule has 146 valence electrons. The van der Waals surface area contributed by atoms with Crippen LogP contribution < -0.4 is 5.32 Å². The van der Waals surface area contributed by atoms with Gasteiger partial charge in [0.1, 0.15) is 11.8 Å². The molecule has 2 unspecified atom stereocenters. The quantitative estimate of drug-likeness (QED) is 0.508. The summed E-state index contributed by atoms with van der Waals surface area (Å²) in [6, 6.07) is 6.85. The number of carbonyl (C=O) groups excluding carboxylic acids is 1. The number of aliphatic carboxylic acids is 1. The summed E-state index contributed by atoms with van der Waals surface area (Å²) in [4.78, 5) is 27.9. The third-order valence-corrected chi connectivity index (χ3v) is 5.02. The van der Waals surface area contributed by atoms with Gasteiger partial charge in [-0.2, -0.15) is 0 Å².